The molecule has 0 fully saturated rings. The zero-order chi connectivity index (χ0) is 16.3. The Labute approximate surface area is 128 Å². The number of amides is 1. The standard InChI is InChI=1S/C15H16N2O4S/c1-10(18)17-15-8-7-13(9-14(15)16)22(19,20)12-5-3-11(21-2)4-6-12/h3-9H,16H2,1-2H3,(H,17,18). The smallest absolute Gasteiger partial charge is 0.221 e. The Morgan fingerprint density at radius 3 is 2.18 bits per heavy atom. The minimum atomic E-state index is -3.68. The fourth-order valence-electron chi connectivity index (χ4n) is 1.90. The molecule has 0 spiro atoms. The molecule has 0 saturated heterocycles. The molecular formula is C15H16N2O4S. The summed E-state index contributed by atoms with van der Waals surface area (Å²) in [7, 11) is -2.18. The molecule has 0 aliphatic rings. The average molecular weight is 320 g/mol. The van der Waals surface area contributed by atoms with E-state index in [1.54, 1.807) is 12.1 Å². The number of sulfone groups is 1. The maximum atomic E-state index is 12.5. The van der Waals surface area contributed by atoms with Gasteiger partial charge in [-0.25, -0.2) is 8.42 Å². The summed E-state index contributed by atoms with van der Waals surface area (Å²) in [6.45, 7) is 1.35. The van der Waals surface area contributed by atoms with Crippen molar-refractivity contribution in [3.8, 4) is 5.75 Å². The lowest BCUT2D eigenvalue weighted by Crippen LogP contribution is -2.09. The van der Waals surface area contributed by atoms with Crippen molar-refractivity contribution in [2.75, 3.05) is 18.2 Å². The highest BCUT2D eigenvalue weighted by Crippen LogP contribution is 2.27. The Hall–Kier alpha value is -2.54. The highest BCUT2D eigenvalue weighted by Gasteiger charge is 2.19. The average Bonchev–Trinajstić information content (AvgIpc) is 2.49. The van der Waals surface area contributed by atoms with Crippen LogP contribution in [-0.4, -0.2) is 21.4 Å². The van der Waals surface area contributed by atoms with Crippen molar-refractivity contribution in [1.29, 1.82) is 0 Å². The number of nitrogens with one attached hydrogen (secondary N) is 1. The van der Waals surface area contributed by atoms with E-state index in [4.69, 9.17) is 10.5 Å². The molecule has 2 aromatic rings. The van der Waals surface area contributed by atoms with Crippen LogP contribution in [-0.2, 0) is 14.6 Å². The molecule has 0 bridgehead atoms. The summed E-state index contributed by atoms with van der Waals surface area (Å²) in [5, 5.41) is 2.53. The van der Waals surface area contributed by atoms with E-state index in [2.05, 4.69) is 5.32 Å². The number of nitrogen functional groups attached to an aromatic ring is 1. The molecule has 0 saturated carbocycles. The van der Waals surface area contributed by atoms with Crippen LogP contribution >= 0.6 is 0 Å². The predicted octanol–water partition coefficient (Wildman–Crippen LogP) is 2.07. The van der Waals surface area contributed by atoms with Gasteiger partial charge in [0.25, 0.3) is 0 Å². The van der Waals surface area contributed by atoms with Crippen LogP contribution in [0.4, 0.5) is 11.4 Å². The number of rotatable bonds is 4. The number of carbonyl (C=O) groups is 1. The van der Waals surface area contributed by atoms with Gasteiger partial charge in [0.1, 0.15) is 5.75 Å². The van der Waals surface area contributed by atoms with Crippen molar-refractivity contribution < 1.29 is 17.9 Å². The van der Waals surface area contributed by atoms with Crippen molar-refractivity contribution in [3.05, 3.63) is 42.5 Å². The molecule has 7 heteroatoms. The Bertz CT molecular complexity index is 799. The first kappa shape index (κ1) is 15.8. The quantitative estimate of drug-likeness (QED) is 0.840. The first-order valence-electron chi connectivity index (χ1n) is 6.41. The zero-order valence-electron chi connectivity index (χ0n) is 12.2. The number of anilines is 2. The summed E-state index contributed by atoms with van der Waals surface area (Å²) < 4.78 is 30.1. The first-order chi connectivity index (χ1) is 10.3. The van der Waals surface area contributed by atoms with Gasteiger partial charge >= 0.3 is 0 Å². The molecule has 22 heavy (non-hydrogen) atoms. The summed E-state index contributed by atoms with van der Waals surface area (Å²) in [6.07, 6.45) is 0. The van der Waals surface area contributed by atoms with Gasteiger partial charge in [-0.1, -0.05) is 0 Å². The highest BCUT2D eigenvalue weighted by molar-refractivity contribution is 7.91. The number of methoxy groups -OCH3 is 1. The fourth-order valence-corrected chi connectivity index (χ4v) is 3.20. The summed E-state index contributed by atoms with van der Waals surface area (Å²) in [5.74, 6) is 0.289. The van der Waals surface area contributed by atoms with Crippen molar-refractivity contribution in [2.45, 2.75) is 16.7 Å². The van der Waals surface area contributed by atoms with Gasteiger partial charge in [0.2, 0.25) is 15.7 Å². The Kier molecular flexibility index (Phi) is 4.37. The van der Waals surface area contributed by atoms with Crippen LogP contribution in [0.15, 0.2) is 52.3 Å². The second-order valence-electron chi connectivity index (χ2n) is 4.61. The third-order valence-electron chi connectivity index (χ3n) is 3.01. The van der Waals surface area contributed by atoms with Crippen LogP contribution in [0.1, 0.15) is 6.92 Å². The molecule has 2 aromatic carbocycles. The Balaban J connectivity index is 2.40. The minimum Gasteiger partial charge on any atom is -0.497 e. The lowest BCUT2D eigenvalue weighted by atomic mass is 10.2. The van der Waals surface area contributed by atoms with Crippen LogP contribution < -0.4 is 15.8 Å². The van der Waals surface area contributed by atoms with Crippen LogP contribution in [0.25, 0.3) is 0 Å². The maximum absolute atomic E-state index is 12.5. The van der Waals surface area contributed by atoms with Gasteiger partial charge in [0, 0.05) is 6.92 Å². The lowest BCUT2D eigenvalue weighted by Gasteiger charge is -2.10. The lowest BCUT2D eigenvalue weighted by molar-refractivity contribution is -0.114. The van der Waals surface area contributed by atoms with Crippen molar-refractivity contribution in [2.24, 2.45) is 0 Å². The molecule has 3 N–H and O–H groups in total. The summed E-state index contributed by atoms with van der Waals surface area (Å²) >= 11 is 0. The van der Waals surface area contributed by atoms with Crippen molar-refractivity contribution >= 4 is 27.1 Å². The largest absolute Gasteiger partial charge is 0.497 e. The van der Waals surface area contributed by atoms with Crippen molar-refractivity contribution in [1.82, 2.24) is 0 Å². The molecule has 0 unspecified atom stereocenters. The van der Waals surface area contributed by atoms with Crippen LogP contribution in [0, 0.1) is 0 Å². The van der Waals surface area contributed by atoms with Gasteiger partial charge in [-0.05, 0) is 42.5 Å². The SMILES string of the molecule is COc1ccc(S(=O)(=O)c2ccc(NC(C)=O)c(N)c2)cc1. The molecular weight excluding hydrogens is 304 g/mol. The van der Waals surface area contributed by atoms with E-state index in [0.29, 0.717) is 11.4 Å². The fraction of sp³-hybridized carbons (Fsp3) is 0.133. The monoisotopic (exact) mass is 320 g/mol. The van der Waals surface area contributed by atoms with E-state index >= 15 is 0 Å². The van der Waals surface area contributed by atoms with Gasteiger partial charge in [0.15, 0.2) is 0 Å². The summed E-state index contributed by atoms with van der Waals surface area (Å²) in [5.41, 5.74) is 6.35. The van der Waals surface area contributed by atoms with Crippen LogP contribution in [0.3, 0.4) is 0 Å². The van der Waals surface area contributed by atoms with Gasteiger partial charge in [0.05, 0.1) is 28.3 Å². The van der Waals surface area contributed by atoms with E-state index in [0.717, 1.165) is 0 Å². The molecule has 0 radical (unpaired) electrons. The van der Waals surface area contributed by atoms with Gasteiger partial charge < -0.3 is 15.8 Å². The van der Waals surface area contributed by atoms with Crippen molar-refractivity contribution in [3.63, 3.8) is 0 Å². The van der Waals surface area contributed by atoms with Crippen LogP contribution in [0.2, 0.25) is 0 Å². The predicted molar refractivity (Wildman–Crippen MR) is 83.6 cm³/mol. The molecule has 0 aliphatic carbocycles. The molecule has 2 rings (SSSR count). The van der Waals surface area contributed by atoms with Gasteiger partial charge in [-0.2, -0.15) is 0 Å². The highest BCUT2D eigenvalue weighted by atomic mass is 32.2. The summed E-state index contributed by atoms with van der Waals surface area (Å²) in [6, 6.07) is 10.3. The third kappa shape index (κ3) is 3.20. The maximum Gasteiger partial charge on any atom is 0.221 e. The number of ether oxygens (including phenoxy) is 1. The Morgan fingerprint density at radius 1 is 1.09 bits per heavy atom. The normalized spacial score (nSPS) is 11.0. The minimum absolute atomic E-state index is 0.0595. The zero-order valence-corrected chi connectivity index (χ0v) is 13.0. The van der Waals surface area contributed by atoms with E-state index in [1.807, 2.05) is 0 Å². The number of hydrogen-bond donors (Lipinski definition) is 2. The molecule has 6 nitrogen and oxygen atoms in total. The molecule has 0 aliphatic heterocycles. The van der Waals surface area contributed by atoms with E-state index < -0.39 is 9.84 Å². The number of nitrogens with two attached hydrogens (primary N) is 1. The number of carbonyl (C=O) groups excluding carboxylic acids is 1. The molecule has 1 amide bonds. The number of benzene rings is 2. The van der Waals surface area contributed by atoms with Gasteiger partial charge in [-0.15, -0.1) is 0 Å². The van der Waals surface area contributed by atoms with Gasteiger partial charge in [-0.3, -0.25) is 4.79 Å². The second kappa shape index (κ2) is 6.07. The topological polar surface area (TPSA) is 98.5 Å². The Morgan fingerprint density at radius 2 is 1.68 bits per heavy atom. The molecule has 0 aromatic heterocycles. The second-order valence-corrected chi connectivity index (χ2v) is 6.56. The molecule has 116 valence electrons. The van der Waals surface area contributed by atoms with E-state index in [-0.39, 0.29) is 21.4 Å². The number of hydrogen-bond acceptors (Lipinski definition) is 5. The third-order valence-corrected chi connectivity index (χ3v) is 4.78. The van der Waals surface area contributed by atoms with E-state index in [1.165, 1.54) is 44.4 Å². The first-order valence-corrected chi connectivity index (χ1v) is 7.89. The van der Waals surface area contributed by atoms with Crippen LogP contribution in [0.5, 0.6) is 5.75 Å². The van der Waals surface area contributed by atoms with E-state index in [9.17, 15) is 13.2 Å². The molecule has 0 atom stereocenters. The summed E-state index contributed by atoms with van der Waals surface area (Å²) in [4.78, 5) is 11.2. The molecule has 0 heterocycles.